The van der Waals surface area contributed by atoms with Crippen LogP contribution >= 0.6 is 0 Å². The van der Waals surface area contributed by atoms with Crippen LogP contribution in [0.3, 0.4) is 0 Å². The highest BCUT2D eigenvalue weighted by atomic mass is 16.7. The van der Waals surface area contributed by atoms with Gasteiger partial charge in [0.2, 0.25) is 0 Å². The van der Waals surface area contributed by atoms with Crippen LogP contribution < -0.4 is 4.74 Å². The molecule has 0 amide bonds. The Kier molecular flexibility index (Phi) is 3.82. The number of aldehydes is 1. The third-order valence-corrected chi connectivity index (χ3v) is 1.75. The molecule has 5 heteroatoms. The average Bonchev–Trinajstić information content (AvgIpc) is 2.25. The molecule has 0 saturated heterocycles. The predicted octanol–water partition coefficient (Wildman–Crippen LogP) is 1.18. The number of carboxylic acid groups (broad SMARTS) is 1. The Morgan fingerprint density at radius 3 is 2.80 bits per heavy atom. The molecule has 0 aliphatic carbocycles. The number of ether oxygens (including phenoxy) is 2. The Morgan fingerprint density at radius 2 is 2.27 bits per heavy atom. The monoisotopic (exact) mass is 210 g/mol. The normalized spacial score (nSPS) is 9.67. The summed E-state index contributed by atoms with van der Waals surface area (Å²) in [5.41, 5.74) is -0.0688. The quantitative estimate of drug-likeness (QED) is 0.583. The van der Waals surface area contributed by atoms with Crippen LogP contribution in [0.25, 0.3) is 0 Å². The lowest BCUT2D eigenvalue weighted by Crippen LogP contribution is -2.06. The fraction of sp³-hybridized carbons (Fsp3) is 0.200. The van der Waals surface area contributed by atoms with E-state index >= 15 is 0 Å². The van der Waals surface area contributed by atoms with Crippen LogP contribution in [0.5, 0.6) is 5.75 Å². The summed E-state index contributed by atoms with van der Waals surface area (Å²) in [4.78, 5) is 21.5. The van der Waals surface area contributed by atoms with Crippen molar-refractivity contribution in [2.24, 2.45) is 0 Å². The molecule has 1 rings (SSSR count). The van der Waals surface area contributed by atoms with E-state index in [1.807, 2.05) is 0 Å². The molecule has 5 nitrogen and oxygen atoms in total. The van der Waals surface area contributed by atoms with Gasteiger partial charge in [0.05, 0.1) is 11.1 Å². The Labute approximate surface area is 86.2 Å². The number of rotatable bonds is 5. The summed E-state index contributed by atoms with van der Waals surface area (Å²) >= 11 is 0. The molecular weight excluding hydrogens is 200 g/mol. The lowest BCUT2D eigenvalue weighted by Gasteiger charge is -2.08. The second-order valence-electron chi connectivity index (χ2n) is 2.69. The van der Waals surface area contributed by atoms with E-state index in [1.165, 1.54) is 25.3 Å². The molecule has 1 aromatic carbocycles. The smallest absolute Gasteiger partial charge is 0.336 e. The first-order chi connectivity index (χ1) is 7.20. The lowest BCUT2D eigenvalue weighted by molar-refractivity contribution is 0.0501. The Bertz CT molecular complexity index is 372. The van der Waals surface area contributed by atoms with Gasteiger partial charge in [-0.15, -0.1) is 0 Å². The largest absolute Gasteiger partial charge is 0.478 e. The van der Waals surface area contributed by atoms with Crippen molar-refractivity contribution in [3.05, 3.63) is 29.3 Å². The van der Waals surface area contributed by atoms with E-state index in [-0.39, 0.29) is 23.7 Å². The van der Waals surface area contributed by atoms with Crippen LogP contribution in [-0.4, -0.2) is 31.3 Å². The molecule has 0 unspecified atom stereocenters. The van der Waals surface area contributed by atoms with Gasteiger partial charge in [-0.25, -0.2) is 4.79 Å². The minimum atomic E-state index is -1.17. The van der Waals surface area contributed by atoms with Crippen LogP contribution in [0.1, 0.15) is 20.7 Å². The van der Waals surface area contributed by atoms with Crippen LogP contribution in [0, 0.1) is 0 Å². The first kappa shape index (κ1) is 11.2. The van der Waals surface area contributed by atoms with Crippen molar-refractivity contribution in [3.63, 3.8) is 0 Å². The second-order valence-corrected chi connectivity index (χ2v) is 2.69. The Morgan fingerprint density at radius 1 is 1.53 bits per heavy atom. The molecule has 0 fully saturated rings. The van der Waals surface area contributed by atoms with Gasteiger partial charge >= 0.3 is 5.97 Å². The minimum absolute atomic E-state index is 0.0158. The number of carboxylic acids is 1. The lowest BCUT2D eigenvalue weighted by atomic mass is 10.1. The Balaban J connectivity index is 3.10. The maximum Gasteiger partial charge on any atom is 0.336 e. The van der Waals surface area contributed by atoms with Crippen molar-refractivity contribution in [1.82, 2.24) is 0 Å². The number of hydrogen-bond acceptors (Lipinski definition) is 4. The van der Waals surface area contributed by atoms with E-state index in [2.05, 4.69) is 4.74 Å². The standard InChI is InChI=1S/C10H10O5/c1-14-6-15-9-4-2-3-7(10(12)13)8(9)5-11/h2-5H,6H2,1H3,(H,12,13). The highest BCUT2D eigenvalue weighted by Crippen LogP contribution is 2.20. The van der Waals surface area contributed by atoms with E-state index in [0.29, 0.717) is 6.29 Å². The molecule has 1 aromatic rings. The number of hydrogen-bond donors (Lipinski definition) is 1. The van der Waals surface area contributed by atoms with E-state index < -0.39 is 5.97 Å². The molecule has 0 bridgehead atoms. The molecule has 0 radical (unpaired) electrons. The number of benzene rings is 1. The third-order valence-electron chi connectivity index (χ3n) is 1.75. The molecule has 0 spiro atoms. The molecule has 0 saturated carbocycles. The predicted molar refractivity (Wildman–Crippen MR) is 51.3 cm³/mol. The number of carbonyl (C=O) groups is 2. The summed E-state index contributed by atoms with van der Waals surface area (Å²) in [6.45, 7) is -0.0378. The third kappa shape index (κ3) is 2.54. The van der Waals surface area contributed by atoms with Crippen molar-refractivity contribution < 1.29 is 24.2 Å². The zero-order valence-corrected chi connectivity index (χ0v) is 8.10. The topological polar surface area (TPSA) is 72.8 Å². The van der Waals surface area contributed by atoms with Crippen molar-refractivity contribution in [3.8, 4) is 5.75 Å². The summed E-state index contributed by atoms with van der Waals surface area (Å²) in [6, 6.07) is 4.35. The molecule has 15 heavy (non-hydrogen) atoms. The zero-order valence-electron chi connectivity index (χ0n) is 8.10. The molecule has 80 valence electrons. The maximum absolute atomic E-state index is 10.8. The highest BCUT2D eigenvalue weighted by Gasteiger charge is 2.13. The van der Waals surface area contributed by atoms with Crippen LogP contribution in [0.4, 0.5) is 0 Å². The number of methoxy groups -OCH3 is 1. The van der Waals surface area contributed by atoms with Crippen LogP contribution in [-0.2, 0) is 4.74 Å². The highest BCUT2D eigenvalue weighted by molar-refractivity contribution is 5.98. The first-order valence-electron chi connectivity index (χ1n) is 4.14. The van der Waals surface area contributed by atoms with Crippen molar-refractivity contribution in [2.45, 2.75) is 0 Å². The zero-order chi connectivity index (χ0) is 11.3. The molecule has 0 heterocycles. The summed E-state index contributed by atoms with van der Waals surface area (Å²) < 4.78 is 9.71. The Hall–Kier alpha value is -1.88. The van der Waals surface area contributed by atoms with Crippen molar-refractivity contribution in [1.29, 1.82) is 0 Å². The second kappa shape index (κ2) is 5.11. The van der Waals surface area contributed by atoms with Gasteiger partial charge in [-0.1, -0.05) is 6.07 Å². The van der Waals surface area contributed by atoms with Gasteiger partial charge in [0.1, 0.15) is 5.75 Å². The van der Waals surface area contributed by atoms with E-state index in [9.17, 15) is 9.59 Å². The molecular formula is C10H10O5. The molecule has 1 N–H and O–H groups in total. The summed E-state index contributed by atoms with van der Waals surface area (Å²) in [7, 11) is 1.43. The van der Waals surface area contributed by atoms with Gasteiger partial charge in [-0.05, 0) is 12.1 Å². The van der Waals surface area contributed by atoms with Gasteiger partial charge < -0.3 is 14.6 Å². The van der Waals surface area contributed by atoms with Crippen LogP contribution in [0.15, 0.2) is 18.2 Å². The molecule has 0 aliphatic heterocycles. The summed E-state index contributed by atoms with van der Waals surface area (Å²) in [5.74, 6) is -0.966. The molecule has 0 aromatic heterocycles. The minimum Gasteiger partial charge on any atom is -0.478 e. The van der Waals surface area contributed by atoms with Crippen molar-refractivity contribution in [2.75, 3.05) is 13.9 Å². The van der Waals surface area contributed by atoms with Gasteiger partial charge in [0, 0.05) is 7.11 Å². The molecule has 0 aliphatic rings. The maximum atomic E-state index is 10.8. The van der Waals surface area contributed by atoms with Gasteiger partial charge in [0.15, 0.2) is 13.1 Å². The van der Waals surface area contributed by atoms with E-state index in [0.717, 1.165) is 0 Å². The fourth-order valence-corrected chi connectivity index (χ4v) is 1.10. The van der Waals surface area contributed by atoms with Gasteiger partial charge in [-0.3, -0.25) is 4.79 Å². The summed E-state index contributed by atoms with van der Waals surface area (Å²) in [5, 5.41) is 8.80. The van der Waals surface area contributed by atoms with E-state index in [4.69, 9.17) is 9.84 Å². The van der Waals surface area contributed by atoms with Gasteiger partial charge in [0.25, 0.3) is 0 Å². The van der Waals surface area contributed by atoms with Crippen LogP contribution in [0.2, 0.25) is 0 Å². The average molecular weight is 210 g/mol. The SMILES string of the molecule is COCOc1cccc(C(=O)O)c1C=O. The first-order valence-corrected chi connectivity index (χ1v) is 4.14. The van der Waals surface area contributed by atoms with E-state index in [1.54, 1.807) is 0 Å². The van der Waals surface area contributed by atoms with Crippen molar-refractivity contribution >= 4 is 12.3 Å². The fourth-order valence-electron chi connectivity index (χ4n) is 1.10. The van der Waals surface area contributed by atoms with Gasteiger partial charge in [-0.2, -0.15) is 0 Å². The number of carbonyl (C=O) groups excluding carboxylic acids is 1. The number of aromatic carboxylic acids is 1. The summed E-state index contributed by atoms with van der Waals surface area (Å²) in [6.07, 6.45) is 0.453. The molecule has 0 atom stereocenters.